The summed E-state index contributed by atoms with van der Waals surface area (Å²) in [5.41, 5.74) is 1.83. The Labute approximate surface area is 172 Å². The Morgan fingerprint density at radius 2 is 1.64 bits per heavy atom. The SMILES string of the molecule is CC.O=c1[nH]c2nc(Nc3ccccc3)ncc2cc1-c1c(Cl)cccc1Cl. The number of pyridine rings is 1. The van der Waals surface area contributed by atoms with Gasteiger partial charge in [0.1, 0.15) is 5.65 Å². The molecule has 2 aromatic carbocycles. The lowest BCUT2D eigenvalue weighted by molar-refractivity contribution is 1.16. The fourth-order valence-corrected chi connectivity index (χ4v) is 3.25. The molecule has 2 aromatic heterocycles. The number of benzene rings is 2. The van der Waals surface area contributed by atoms with Crippen LogP contribution in [0, 0.1) is 0 Å². The van der Waals surface area contributed by atoms with Crippen LogP contribution in [0.3, 0.4) is 0 Å². The van der Waals surface area contributed by atoms with Gasteiger partial charge < -0.3 is 10.3 Å². The average Bonchev–Trinajstić information content (AvgIpc) is 2.70. The van der Waals surface area contributed by atoms with Crippen molar-refractivity contribution >= 4 is 45.9 Å². The van der Waals surface area contributed by atoms with Crippen LogP contribution >= 0.6 is 23.2 Å². The van der Waals surface area contributed by atoms with Gasteiger partial charge in [0.2, 0.25) is 5.95 Å². The minimum absolute atomic E-state index is 0.322. The molecule has 0 saturated heterocycles. The monoisotopic (exact) mass is 412 g/mol. The zero-order valence-electron chi connectivity index (χ0n) is 15.3. The van der Waals surface area contributed by atoms with Crippen molar-refractivity contribution in [3.63, 3.8) is 0 Å². The lowest BCUT2D eigenvalue weighted by atomic mass is 10.1. The fraction of sp³-hybridized carbons (Fsp3) is 0.0952. The van der Waals surface area contributed by atoms with Crippen molar-refractivity contribution < 1.29 is 0 Å². The molecular formula is C21H18Cl2N4O. The minimum atomic E-state index is -0.322. The first-order valence-corrected chi connectivity index (χ1v) is 9.54. The second-order valence-corrected chi connectivity index (χ2v) is 6.41. The van der Waals surface area contributed by atoms with Gasteiger partial charge in [0.05, 0.1) is 15.6 Å². The Bertz CT molecular complexity index is 1140. The third-order valence-electron chi connectivity index (χ3n) is 3.86. The molecule has 7 heteroatoms. The van der Waals surface area contributed by atoms with Gasteiger partial charge in [-0.15, -0.1) is 0 Å². The minimum Gasteiger partial charge on any atom is -0.324 e. The smallest absolute Gasteiger partial charge is 0.257 e. The van der Waals surface area contributed by atoms with Crippen molar-refractivity contribution in [2.75, 3.05) is 5.32 Å². The molecular weight excluding hydrogens is 395 g/mol. The second kappa shape index (κ2) is 8.87. The normalized spacial score (nSPS) is 10.3. The third kappa shape index (κ3) is 4.16. The van der Waals surface area contributed by atoms with Crippen molar-refractivity contribution in [1.82, 2.24) is 15.0 Å². The molecule has 0 radical (unpaired) electrons. The predicted octanol–water partition coefficient (Wildman–Crippen LogP) is 6.06. The number of aromatic nitrogens is 3. The van der Waals surface area contributed by atoms with Gasteiger partial charge in [-0.2, -0.15) is 4.98 Å². The molecule has 0 aliphatic carbocycles. The van der Waals surface area contributed by atoms with Gasteiger partial charge in [-0.25, -0.2) is 4.98 Å². The number of aromatic amines is 1. The summed E-state index contributed by atoms with van der Waals surface area (Å²) in [6.45, 7) is 4.00. The number of H-pyrrole nitrogens is 1. The van der Waals surface area contributed by atoms with Gasteiger partial charge in [0.25, 0.3) is 5.56 Å². The molecule has 0 aliphatic rings. The lowest BCUT2D eigenvalue weighted by Gasteiger charge is -2.08. The second-order valence-electron chi connectivity index (χ2n) is 5.60. The summed E-state index contributed by atoms with van der Waals surface area (Å²) < 4.78 is 0. The number of nitrogens with one attached hydrogen (secondary N) is 2. The van der Waals surface area contributed by atoms with Crippen molar-refractivity contribution in [3.05, 3.63) is 81.2 Å². The molecule has 2 heterocycles. The van der Waals surface area contributed by atoms with E-state index in [1.54, 1.807) is 30.5 Å². The molecule has 0 unspecified atom stereocenters. The van der Waals surface area contributed by atoms with Crippen LogP contribution in [-0.2, 0) is 0 Å². The first kappa shape index (κ1) is 19.9. The topological polar surface area (TPSA) is 70.7 Å². The van der Waals surface area contributed by atoms with Gasteiger partial charge in [0.15, 0.2) is 0 Å². The van der Waals surface area contributed by atoms with E-state index in [0.29, 0.717) is 38.2 Å². The molecule has 0 fully saturated rings. The number of rotatable bonds is 3. The highest BCUT2D eigenvalue weighted by Gasteiger charge is 2.14. The van der Waals surface area contributed by atoms with Gasteiger partial charge in [-0.05, 0) is 30.3 Å². The van der Waals surface area contributed by atoms with E-state index in [-0.39, 0.29) is 5.56 Å². The first-order valence-electron chi connectivity index (χ1n) is 8.78. The molecule has 5 nitrogen and oxygen atoms in total. The summed E-state index contributed by atoms with van der Waals surface area (Å²) in [5, 5.41) is 4.58. The third-order valence-corrected chi connectivity index (χ3v) is 4.49. The number of hydrogen-bond acceptors (Lipinski definition) is 4. The van der Waals surface area contributed by atoms with Crippen LogP contribution < -0.4 is 10.9 Å². The summed E-state index contributed by atoms with van der Waals surface area (Å²) >= 11 is 12.4. The fourth-order valence-electron chi connectivity index (χ4n) is 2.64. The highest BCUT2D eigenvalue weighted by atomic mass is 35.5. The summed E-state index contributed by atoms with van der Waals surface area (Å²) in [7, 11) is 0. The summed E-state index contributed by atoms with van der Waals surface area (Å²) in [6.07, 6.45) is 1.64. The molecule has 4 aromatic rings. The molecule has 0 saturated carbocycles. The molecule has 0 spiro atoms. The molecule has 0 atom stereocenters. The Morgan fingerprint density at radius 1 is 0.964 bits per heavy atom. The van der Waals surface area contributed by atoms with E-state index in [2.05, 4.69) is 20.3 Å². The van der Waals surface area contributed by atoms with Crippen LogP contribution in [0.2, 0.25) is 10.0 Å². The Hall–Kier alpha value is -2.89. The molecule has 0 bridgehead atoms. The zero-order valence-corrected chi connectivity index (χ0v) is 16.8. The summed E-state index contributed by atoms with van der Waals surface area (Å²) in [6, 6.07) is 16.3. The van der Waals surface area contributed by atoms with Crippen LogP contribution in [0.15, 0.2) is 65.6 Å². The molecule has 0 amide bonds. The van der Waals surface area contributed by atoms with Gasteiger partial charge in [0, 0.05) is 22.8 Å². The quantitative estimate of drug-likeness (QED) is 0.428. The highest BCUT2D eigenvalue weighted by molar-refractivity contribution is 6.39. The van der Waals surface area contributed by atoms with Crippen LogP contribution in [0.25, 0.3) is 22.2 Å². The van der Waals surface area contributed by atoms with E-state index in [1.165, 1.54) is 0 Å². The van der Waals surface area contributed by atoms with Gasteiger partial charge in [-0.3, -0.25) is 4.79 Å². The van der Waals surface area contributed by atoms with E-state index >= 15 is 0 Å². The summed E-state index contributed by atoms with van der Waals surface area (Å²) in [4.78, 5) is 24.0. The van der Waals surface area contributed by atoms with Crippen molar-refractivity contribution in [2.45, 2.75) is 13.8 Å². The average molecular weight is 413 g/mol. The van der Waals surface area contributed by atoms with Gasteiger partial charge >= 0.3 is 0 Å². The van der Waals surface area contributed by atoms with Crippen molar-refractivity contribution in [1.29, 1.82) is 0 Å². The molecule has 2 N–H and O–H groups in total. The van der Waals surface area contributed by atoms with E-state index in [0.717, 1.165) is 5.69 Å². The maximum atomic E-state index is 12.6. The molecule has 0 aliphatic heterocycles. The van der Waals surface area contributed by atoms with Crippen LogP contribution in [-0.4, -0.2) is 15.0 Å². The molecule has 28 heavy (non-hydrogen) atoms. The number of nitrogens with zero attached hydrogens (tertiary/aromatic N) is 2. The Balaban J connectivity index is 0.00000109. The van der Waals surface area contributed by atoms with Crippen LogP contribution in [0.1, 0.15) is 13.8 Å². The zero-order chi connectivity index (χ0) is 20.1. The van der Waals surface area contributed by atoms with E-state index < -0.39 is 0 Å². The van der Waals surface area contributed by atoms with Gasteiger partial charge in [-0.1, -0.05) is 61.3 Å². The summed E-state index contributed by atoms with van der Waals surface area (Å²) in [5.74, 6) is 0.392. The Morgan fingerprint density at radius 3 is 2.32 bits per heavy atom. The highest BCUT2D eigenvalue weighted by Crippen LogP contribution is 2.33. The molecule has 142 valence electrons. The lowest BCUT2D eigenvalue weighted by Crippen LogP contribution is -2.11. The largest absolute Gasteiger partial charge is 0.324 e. The standard InChI is InChI=1S/C19H12Cl2N4O.C2H6/c20-14-7-4-8-15(21)16(14)13-9-11-10-22-19(25-17(11)24-18(13)26)23-12-5-2-1-3-6-12;1-2/h1-10H,(H2,22,23,24,25,26);1-2H3. The van der Waals surface area contributed by atoms with Crippen LogP contribution in [0.4, 0.5) is 11.6 Å². The first-order chi connectivity index (χ1) is 13.6. The maximum Gasteiger partial charge on any atom is 0.257 e. The van der Waals surface area contributed by atoms with E-state index in [1.807, 2.05) is 44.2 Å². The predicted molar refractivity (Wildman–Crippen MR) is 117 cm³/mol. The van der Waals surface area contributed by atoms with Crippen LogP contribution in [0.5, 0.6) is 0 Å². The van der Waals surface area contributed by atoms with Crippen molar-refractivity contribution in [2.24, 2.45) is 0 Å². The number of halogens is 2. The number of fused-ring (bicyclic) bond motifs is 1. The van der Waals surface area contributed by atoms with Crippen molar-refractivity contribution in [3.8, 4) is 11.1 Å². The Kier molecular flexibility index (Phi) is 6.29. The molecule has 4 rings (SSSR count). The maximum absolute atomic E-state index is 12.6. The van der Waals surface area contributed by atoms with E-state index in [9.17, 15) is 4.79 Å². The number of para-hydroxylation sites is 1. The van der Waals surface area contributed by atoms with E-state index in [4.69, 9.17) is 23.2 Å². The number of anilines is 2. The number of hydrogen-bond donors (Lipinski definition) is 2.